The summed E-state index contributed by atoms with van der Waals surface area (Å²) in [6.45, 7) is 4.26. The van der Waals surface area contributed by atoms with Gasteiger partial charge in [-0.1, -0.05) is 17.7 Å². The third-order valence-electron chi connectivity index (χ3n) is 4.74. The molecule has 6 heteroatoms. The second-order valence-electron chi connectivity index (χ2n) is 6.84. The van der Waals surface area contributed by atoms with E-state index in [1.54, 1.807) is 6.20 Å². The Hall–Kier alpha value is -2.37. The van der Waals surface area contributed by atoms with E-state index in [0.29, 0.717) is 5.02 Å². The molecule has 0 radical (unpaired) electrons. The minimum absolute atomic E-state index is 0.0616. The Balaban J connectivity index is 1.74. The van der Waals surface area contributed by atoms with Gasteiger partial charge in [-0.25, -0.2) is 0 Å². The molecule has 1 N–H and O–H groups in total. The first-order chi connectivity index (χ1) is 13.0. The van der Waals surface area contributed by atoms with E-state index in [4.69, 9.17) is 28.2 Å². The van der Waals surface area contributed by atoms with Crippen molar-refractivity contribution < 1.29 is 4.42 Å². The van der Waals surface area contributed by atoms with Crippen molar-refractivity contribution in [2.75, 3.05) is 0 Å². The number of hydrogen-bond acceptors (Lipinski definition) is 3. The quantitative estimate of drug-likeness (QED) is 0.599. The van der Waals surface area contributed by atoms with Crippen LogP contribution in [0.15, 0.2) is 65.2 Å². The van der Waals surface area contributed by atoms with Crippen molar-refractivity contribution in [1.29, 1.82) is 0 Å². The number of nitrogens with one attached hydrogen (secondary N) is 1. The van der Waals surface area contributed by atoms with Gasteiger partial charge in [0.25, 0.3) is 0 Å². The highest BCUT2D eigenvalue weighted by Crippen LogP contribution is 2.41. The molecule has 0 saturated carbocycles. The van der Waals surface area contributed by atoms with Crippen LogP contribution in [0.1, 0.15) is 37.4 Å². The number of thiocarbonyl (C=S) groups is 1. The predicted molar refractivity (Wildman–Crippen MR) is 112 cm³/mol. The maximum atomic E-state index is 6.26. The van der Waals surface area contributed by atoms with Crippen LogP contribution in [0.5, 0.6) is 0 Å². The molecule has 1 saturated heterocycles. The molecule has 2 atom stereocenters. The van der Waals surface area contributed by atoms with Gasteiger partial charge in [0.1, 0.15) is 17.6 Å². The Morgan fingerprint density at radius 3 is 2.56 bits per heavy atom. The highest BCUT2D eigenvalue weighted by molar-refractivity contribution is 7.80. The number of pyridine rings is 1. The van der Waals surface area contributed by atoms with E-state index >= 15 is 0 Å². The van der Waals surface area contributed by atoms with Crippen molar-refractivity contribution in [2.24, 2.45) is 0 Å². The third-order valence-corrected chi connectivity index (χ3v) is 5.32. The van der Waals surface area contributed by atoms with Crippen molar-refractivity contribution in [3.63, 3.8) is 0 Å². The number of benzene rings is 1. The van der Waals surface area contributed by atoms with Gasteiger partial charge in [-0.3, -0.25) is 4.98 Å². The lowest BCUT2D eigenvalue weighted by Crippen LogP contribution is -2.35. The highest BCUT2D eigenvalue weighted by atomic mass is 35.5. The van der Waals surface area contributed by atoms with E-state index in [9.17, 15) is 0 Å². The van der Waals surface area contributed by atoms with Crippen LogP contribution in [0, 0.1) is 0 Å². The normalized spacial score (nSPS) is 19.6. The summed E-state index contributed by atoms with van der Waals surface area (Å²) in [4.78, 5) is 6.71. The van der Waals surface area contributed by atoms with Crippen molar-refractivity contribution in [1.82, 2.24) is 15.2 Å². The topological polar surface area (TPSA) is 41.3 Å². The maximum absolute atomic E-state index is 6.26. The largest absolute Gasteiger partial charge is 0.459 e. The summed E-state index contributed by atoms with van der Waals surface area (Å²) < 4.78 is 6.26. The molecular weight excluding hydrogens is 378 g/mol. The molecule has 4 nitrogen and oxygen atoms in total. The van der Waals surface area contributed by atoms with Crippen LogP contribution in [0.3, 0.4) is 0 Å². The van der Waals surface area contributed by atoms with E-state index in [1.807, 2.05) is 54.6 Å². The Labute approximate surface area is 169 Å². The number of furan rings is 1. The predicted octanol–water partition coefficient (Wildman–Crippen LogP) is 5.38. The summed E-state index contributed by atoms with van der Waals surface area (Å²) >= 11 is 11.6. The Morgan fingerprint density at radius 2 is 1.89 bits per heavy atom. The molecule has 0 bridgehead atoms. The Morgan fingerprint density at radius 1 is 1.11 bits per heavy atom. The van der Waals surface area contributed by atoms with Crippen LogP contribution in [0.4, 0.5) is 0 Å². The van der Waals surface area contributed by atoms with Crippen molar-refractivity contribution in [2.45, 2.75) is 32.0 Å². The summed E-state index contributed by atoms with van der Waals surface area (Å²) in [6, 6.07) is 17.7. The average molecular weight is 398 g/mol. The van der Waals surface area contributed by atoms with Gasteiger partial charge in [0.15, 0.2) is 5.11 Å². The summed E-state index contributed by atoms with van der Waals surface area (Å²) in [7, 11) is 0. The standard InChI is InChI=1S/C21H20ClN3OS/c1-13(2)25-20(19(24-21(25)27)16-5-3-4-12-23-16)18-11-10-17(26-18)14-6-8-15(22)9-7-14/h3-13,19-20H,1-2H3,(H,24,27)/t19-,20+/m1/s1. The zero-order chi connectivity index (χ0) is 19.0. The molecule has 0 aliphatic carbocycles. The molecule has 1 aliphatic rings. The van der Waals surface area contributed by atoms with Gasteiger partial charge >= 0.3 is 0 Å². The minimum atomic E-state index is -0.0645. The van der Waals surface area contributed by atoms with Crippen LogP contribution in [-0.4, -0.2) is 21.0 Å². The smallest absolute Gasteiger partial charge is 0.170 e. The molecule has 3 aromatic rings. The number of halogens is 1. The monoisotopic (exact) mass is 397 g/mol. The summed E-state index contributed by atoms with van der Waals surface area (Å²) in [5.41, 5.74) is 1.93. The van der Waals surface area contributed by atoms with E-state index < -0.39 is 0 Å². The van der Waals surface area contributed by atoms with Gasteiger partial charge in [0, 0.05) is 22.8 Å². The van der Waals surface area contributed by atoms with Gasteiger partial charge in [0.05, 0.1) is 11.7 Å². The maximum Gasteiger partial charge on any atom is 0.170 e. The lowest BCUT2D eigenvalue weighted by Gasteiger charge is -2.29. The fourth-order valence-corrected chi connectivity index (χ4v) is 4.08. The highest BCUT2D eigenvalue weighted by Gasteiger charge is 2.42. The summed E-state index contributed by atoms with van der Waals surface area (Å²) in [6.07, 6.45) is 1.80. The number of rotatable bonds is 4. The van der Waals surface area contributed by atoms with Crippen molar-refractivity contribution in [3.8, 4) is 11.3 Å². The van der Waals surface area contributed by atoms with E-state index in [-0.39, 0.29) is 18.1 Å². The Kier molecular flexibility index (Phi) is 4.89. The van der Waals surface area contributed by atoms with Gasteiger partial charge in [-0.15, -0.1) is 0 Å². The SMILES string of the molecule is CC(C)N1C(=S)N[C@H](c2ccccn2)[C@@H]1c1ccc(-c2ccc(Cl)cc2)o1. The van der Waals surface area contributed by atoms with Crippen molar-refractivity contribution in [3.05, 3.63) is 77.3 Å². The molecule has 0 spiro atoms. The van der Waals surface area contributed by atoms with Crippen LogP contribution in [-0.2, 0) is 0 Å². The molecule has 2 aromatic heterocycles. The first-order valence-electron chi connectivity index (χ1n) is 8.90. The molecule has 3 heterocycles. The van der Waals surface area contributed by atoms with Crippen LogP contribution in [0.25, 0.3) is 11.3 Å². The molecule has 4 rings (SSSR count). The first-order valence-corrected chi connectivity index (χ1v) is 9.68. The minimum Gasteiger partial charge on any atom is -0.459 e. The van der Waals surface area contributed by atoms with Crippen molar-refractivity contribution >= 4 is 28.9 Å². The lowest BCUT2D eigenvalue weighted by atomic mass is 10.0. The molecule has 0 amide bonds. The van der Waals surface area contributed by atoms with Crippen LogP contribution in [0.2, 0.25) is 5.02 Å². The van der Waals surface area contributed by atoms with Gasteiger partial charge in [-0.2, -0.15) is 0 Å². The lowest BCUT2D eigenvalue weighted by molar-refractivity contribution is 0.237. The summed E-state index contributed by atoms with van der Waals surface area (Å²) in [5.74, 6) is 1.67. The Bertz CT molecular complexity index is 940. The molecule has 1 fully saturated rings. The van der Waals surface area contributed by atoms with Crippen LogP contribution >= 0.6 is 23.8 Å². The fraction of sp³-hybridized carbons (Fsp3) is 0.238. The van der Waals surface area contributed by atoms with E-state index in [0.717, 1.165) is 27.9 Å². The number of nitrogens with zero attached hydrogens (tertiary/aromatic N) is 2. The molecule has 1 aromatic carbocycles. The second-order valence-corrected chi connectivity index (χ2v) is 7.66. The molecule has 27 heavy (non-hydrogen) atoms. The van der Waals surface area contributed by atoms with Gasteiger partial charge in [-0.05, 0) is 74.6 Å². The fourth-order valence-electron chi connectivity index (χ4n) is 3.51. The molecule has 138 valence electrons. The molecular formula is C21H20ClN3OS. The van der Waals surface area contributed by atoms with E-state index in [2.05, 4.69) is 29.0 Å². The van der Waals surface area contributed by atoms with Gasteiger partial charge < -0.3 is 14.6 Å². The summed E-state index contributed by atoms with van der Waals surface area (Å²) in [5, 5.41) is 4.85. The number of aromatic nitrogens is 1. The zero-order valence-corrected chi connectivity index (χ0v) is 16.7. The average Bonchev–Trinajstić information content (AvgIpc) is 3.27. The molecule has 0 unspecified atom stereocenters. The van der Waals surface area contributed by atoms with Crippen LogP contribution < -0.4 is 5.32 Å². The third kappa shape index (κ3) is 3.45. The van der Waals surface area contributed by atoms with Gasteiger partial charge in [0.2, 0.25) is 0 Å². The zero-order valence-electron chi connectivity index (χ0n) is 15.1. The number of hydrogen-bond donors (Lipinski definition) is 1. The first kappa shape index (κ1) is 18.0. The molecule has 1 aliphatic heterocycles. The second kappa shape index (κ2) is 7.33. The van der Waals surface area contributed by atoms with E-state index in [1.165, 1.54) is 0 Å².